The quantitative estimate of drug-likeness (QED) is 0.783. The average Bonchev–Trinajstić information content (AvgIpc) is 2.18. The molecule has 0 atom stereocenters. The summed E-state index contributed by atoms with van der Waals surface area (Å²) in [4.78, 5) is 11.8. The molecule has 0 aromatic heterocycles. The van der Waals surface area contributed by atoms with Gasteiger partial charge in [-0.1, -0.05) is 18.2 Å². The summed E-state index contributed by atoms with van der Waals surface area (Å²) >= 11 is 0. The van der Waals surface area contributed by atoms with Crippen molar-refractivity contribution >= 4 is 5.91 Å². The van der Waals surface area contributed by atoms with Crippen molar-refractivity contribution in [3.8, 4) is 0 Å². The third-order valence-corrected chi connectivity index (χ3v) is 2.06. The molecular formula is C12H17NO2. The van der Waals surface area contributed by atoms with Crippen molar-refractivity contribution in [2.45, 2.75) is 26.3 Å². The van der Waals surface area contributed by atoms with Crippen LogP contribution >= 0.6 is 0 Å². The number of nitrogens with one attached hydrogen (secondary N) is 1. The Morgan fingerprint density at radius 2 is 2.07 bits per heavy atom. The number of carbonyl (C=O) groups is 1. The van der Waals surface area contributed by atoms with Crippen LogP contribution in [0.4, 0.5) is 0 Å². The number of hydrogen-bond donors (Lipinski definition) is 2. The molecule has 0 radical (unpaired) electrons. The van der Waals surface area contributed by atoms with E-state index in [0.717, 1.165) is 5.56 Å². The van der Waals surface area contributed by atoms with E-state index < -0.39 is 0 Å². The van der Waals surface area contributed by atoms with Gasteiger partial charge in [0, 0.05) is 18.2 Å². The minimum atomic E-state index is -0.0750. The van der Waals surface area contributed by atoms with Gasteiger partial charge in [-0.05, 0) is 31.9 Å². The number of rotatable bonds is 4. The zero-order chi connectivity index (χ0) is 11.3. The van der Waals surface area contributed by atoms with Crippen molar-refractivity contribution < 1.29 is 9.90 Å². The van der Waals surface area contributed by atoms with Crippen LogP contribution in [0.2, 0.25) is 0 Å². The largest absolute Gasteiger partial charge is 0.396 e. The van der Waals surface area contributed by atoms with E-state index in [2.05, 4.69) is 5.32 Å². The molecule has 1 amide bonds. The SMILES string of the molecule is CC(C)NC(=O)c1ccccc1CCO. The Bertz CT molecular complexity index is 334. The third kappa shape index (κ3) is 3.36. The van der Waals surface area contributed by atoms with Gasteiger partial charge in [0.1, 0.15) is 0 Å². The maximum atomic E-state index is 11.8. The first kappa shape index (κ1) is 11.7. The summed E-state index contributed by atoms with van der Waals surface area (Å²) in [5, 5.41) is 11.7. The fraction of sp³-hybridized carbons (Fsp3) is 0.417. The zero-order valence-electron chi connectivity index (χ0n) is 9.16. The Morgan fingerprint density at radius 3 is 2.67 bits per heavy atom. The summed E-state index contributed by atoms with van der Waals surface area (Å²) in [6.45, 7) is 3.91. The Kier molecular flexibility index (Phi) is 4.31. The molecule has 2 N–H and O–H groups in total. The van der Waals surface area contributed by atoms with E-state index in [-0.39, 0.29) is 18.6 Å². The highest BCUT2D eigenvalue weighted by Crippen LogP contribution is 2.09. The molecule has 15 heavy (non-hydrogen) atoms. The van der Waals surface area contributed by atoms with E-state index >= 15 is 0 Å². The second-order valence-electron chi connectivity index (χ2n) is 3.76. The molecule has 0 fully saturated rings. The van der Waals surface area contributed by atoms with Gasteiger partial charge in [-0.25, -0.2) is 0 Å². The maximum absolute atomic E-state index is 11.8. The van der Waals surface area contributed by atoms with E-state index in [1.807, 2.05) is 32.0 Å². The van der Waals surface area contributed by atoms with Gasteiger partial charge in [0.05, 0.1) is 0 Å². The van der Waals surface area contributed by atoms with Crippen LogP contribution in [-0.2, 0) is 6.42 Å². The monoisotopic (exact) mass is 207 g/mol. The summed E-state index contributed by atoms with van der Waals surface area (Å²) < 4.78 is 0. The van der Waals surface area contributed by atoms with Gasteiger partial charge in [0.25, 0.3) is 5.91 Å². The fourth-order valence-electron chi connectivity index (χ4n) is 1.42. The molecule has 0 aliphatic heterocycles. The van der Waals surface area contributed by atoms with Gasteiger partial charge in [-0.3, -0.25) is 4.79 Å². The maximum Gasteiger partial charge on any atom is 0.251 e. The van der Waals surface area contributed by atoms with E-state index in [4.69, 9.17) is 5.11 Å². The lowest BCUT2D eigenvalue weighted by molar-refractivity contribution is 0.0942. The number of amides is 1. The summed E-state index contributed by atoms with van der Waals surface area (Å²) in [7, 11) is 0. The minimum absolute atomic E-state index is 0.0615. The lowest BCUT2D eigenvalue weighted by Crippen LogP contribution is -2.30. The molecule has 0 saturated heterocycles. The molecule has 0 saturated carbocycles. The molecule has 1 aromatic rings. The fourth-order valence-corrected chi connectivity index (χ4v) is 1.42. The van der Waals surface area contributed by atoms with Crippen molar-refractivity contribution in [2.75, 3.05) is 6.61 Å². The Hall–Kier alpha value is -1.35. The van der Waals surface area contributed by atoms with Crippen molar-refractivity contribution in [3.63, 3.8) is 0 Å². The van der Waals surface area contributed by atoms with Crippen LogP contribution in [0.1, 0.15) is 29.8 Å². The molecule has 0 bridgehead atoms. The van der Waals surface area contributed by atoms with Gasteiger partial charge in [-0.2, -0.15) is 0 Å². The number of aliphatic hydroxyl groups is 1. The standard InChI is InChI=1S/C12H17NO2/c1-9(2)13-12(15)11-6-4-3-5-10(11)7-8-14/h3-6,9,14H,7-8H2,1-2H3,(H,13,15). The first-order chi connectivity index (χ1) is 7.15. The Labute approximate surface area is 90.1 Å². The highest BCUT2D eigenvalue weighted by atomic mass is 16.3. The molecule has 0 aliphatic carbocycles. The van der Waals surface area contributed by atoms with Gasteiger partial charge in [-0.15, -0.1) is 0 Å². The summed E-state index contributed by atoms with van der Waals surface area (Å²) in [5.74, 6) is -0.0750. The van der Waals surface area contributed by atoms with E-state index in [9.17, 15) is 4.79 Å². The second kappa shape index (κ2) is 5.51. The molecule has 0 unspecified atom stereocenters. The molecular weight excluding hydrogens is 190 g/mol. The topological polar surface area (TPSA) is 49.3 Å². The minimum Gasteiger partial charge on any atom is -0.396 e. The number of carbonyl (C=O) groups excluding carboxylic acids is 1. The number of aliphatic hydroxyl groups excluding tert-OH is 1. The van der Waals surface area contributed by atoms with Crippen molar-refractivity contribution in [2.24, 2.45) is 0 Å². The highest BCUT2D eigenvalue weighted by molar-refractivity contribution is 5.95. The zero-order valence-corrected chi connectivity index (χ0v) is 9.16. The van der Waals surface area contributed by atoms with Crippen LogP contribution in [0.25, 0.3) is 0 Å². The van der Waals surface area contributed by atoms with E-state index in [1.165, 1.54) is 0 Å². The molecule has 0 heterocycles. The van der Waals surface area contributed by atoms with Crippen LogP contribution in [0.5, 0.6) is 0 Å². The molecule has 0 spiro atoms. The van der Waals surface area contributed by atoms with Gasteiger partial charge >= 0.3 is 0 Å². The van der Waals surface area contributed by atoms with Crippen LogP contribution in [-0.4, -0.2) is 23.7 Å². The Balaban J connectivity index is 2.87. The Morgan fingerprint density at radius 1 is 1.40 bits per heavy atom. The van der Waals surface area contributed by atoms with Crippen molar-refractivity contribution in [1.29, 1.82) is 0 Å². The second-order valence-corrected chi connectivity index (χ2v) is 3.76. The van der Waals surface area contributed by atoms with E-state index in [1.54, 1.807) is 6.07 Å². The molecule has 1 aromatic carbocycles. The highest BCUT2D eigenvalue weighted by Gasteiger charge is 2.10. The van der Waals surface area contributed by atoms with Gasteiger partial charge in [0.2, 0.25) is 0 Å². The van der Waals surface area contributed by atoms with Gasteiger partial charge < -0.3 is 10.4 Å². The molecule has 82 valence electrons. The first-order valence-corrected chi connectivity index (χ1v) is 5.14. The summed E-state index contributed by atoms with van der Waals surface area (Å²) in [5.41, 5.74) is 1.54. The van der Waals surface area contributed by atoms with E-state index in [0.29, 0.717) is 12.0 Å². The number of hydrogen-bond acceptors (Lipinski definition) is 2. The van der Waals surface area contributed by atoms with Crippen LogP contribution in [0.3, 0.4) is 0 Å². The van der Waals surface area contributed by atoms with Crippen LogP contribution < -0.4 is 5.32 Å². The third-order valence-electron chi connectivity index (χ3n) is 2.06. The van der Waals surface area contributed by atoms with Crippen molar-refractivity contribution in [3.05, 3.63) is 35.4 Å². The molecule has 3 nitrogen and oxygen atoms in total. The summed E-state index contributed by atoms with van der Waals surface area (Å²) in [6, 6.07) is 7.47. The lowest BCUT2D eigenvalue weighted by Gasteiger charge is -2.11. The predicted octanol–water partition coefficient (Wildman–Crippen LogP) is 1.36. The molecule has 0 aliphatic rings. The summed E-state index contributed by atoms with van der Waals surface area (Å²) in [6.07, 6.45) is 0.516. The molecule has 3 heteroatoms. The first-order valence-electron chi connectivity index (χ1n) is 5.14. The number of benzene rings is 1. The van der Waals surface area contributed by atoms with Crippen molar-refractivity contribution in [1.82, 2.24) is 5.32 Å². The smallest absolute Gasteiger partial charge is 0.251 e. The van der Waals surface area contributed by atoms with Gasteiger partial charge in [0.15, 0.2) is 0 Å². The van der Waals surface area contributed by atoms with Crippen LogP contribution in [0, 0.1) is 0 Å². The normalized spacial score (nSPS) is 10.4. The lowest BCUT2D eigenvalue weighted by atomic mass is 10.0. The average molecular weight is 207 g/mol. The predicted molar refractivity (Wildman–Crippen MR) is 59.8 cm³/mol. The van der Waals surface area contributed by atoms with Crippen LogP contribution in [0.15, 0.2) is 24.3 Å². The molecule has 1 rings (SSSR count).